The van der Waals surface area contributed by atoms with Gasteiger partial charge >= 0.3 is 0 Å². The number of imidazole rings is 1. The van der Waals surface area contributed by atoms with E-state index in [1.807, 2.05) is 30.0 Å². The van der Waals surface area contributed by atoms with Crippen LogP contribution in [0.5, 0.6) is 0 Å². The third kappa shape index (κ3) is 6.29. The van der Waals surface area contributed by atoms with Gasteiger partial charge in [-0.25, -0.2) is 4.98 Å². The molecule has 1 aromatic carbocycles. The van der Waals surface area contributed by atoms with Crippen molar-refractivity contribution < 1.29 is 21.5 Å². The molecule has 6 heteroatoms. The summed E-state index contributed by atoms with van der Waals surface area (Å²) in [4.78, 5) is 7.89. The Balaban J connectivity index is 0.00000162. The summed E-state index contributed by atoms with van der Waals surface area (Å²) in [5.74, 6) is 1.12. The van der Waals surface area contributed by atoms with Crippen LogP contribution in [-0.2, 0) is 0 Å². The van der Waals surface area contributed by atoms with Crippen LogP contribution in [0.1, 0.15) is 6.42 Å². The van der Waals surface area contributed by atoms with E-state index in [4.69, 9.17) is 0 Å². The van der Waals surface area contributed by atoms with Crippen molar-refractivity contribution in [2.45, 2.75) is 11.6 Å². The van der Waals surface area contributed by atoms with Crippen LogP contribution in [-0.4, -0.2) is 47.9 Å². The van der Waals surface area contributed by atoms with E-state index in [2.05, 4.69) is 37.2 Å². The molecule has 2 rings (SSSR count). The fourth-order valence-electron chi connectivity index (χ4n) is 1.71. The highest BCUT2D eigenvalue weighted by Gasteiger charge is 2.07. The van der Waals surface area contributed by atoms with Crippen molar-refractivity contribution in [3.05, 3.63) is 24.3 Å². The van der Waals surface area contributed by atoms with E-state index >= 15 is 0 Å². The Morgan fingerprint density at radius 1 is 1.21 bits per heavy atom. The molecule has 1 heterocycles. The van der Waals surface area contributed by atoms with Crippen molar-refractivity contribution in [3.8, 4) is 0 Å². The lowest BCUT2D eigenvalue weighted by molar-refractivity contribution is -0.870. The molecule has 0 aliphatic carbocycles. The van der Waals surface area contributed by atoms with Crippen molar-refractivity contribution in [3.63, 3.8) is 0 Å². The van der Waals surface area contributed by atoms with Gasteiger partial charge in [0.1, 0.15) is 0 Å². The fraction of sp³-hybridized carbons (Fsp3) is 0.462. The van der Waals surface area contributed by atoms with Gasteiger partial charge < -0.3 is 26.4 Å². The molecule has 2 aromatic rings. The van der Waals surface area contributed by atoms with Crippen molar-refractivity contribution >= 4 is 39.8 Å². The predicted octanol–water partition coefficient (Wildman–Crippen LogP) is 0.333. The molecule has 1 N–H and O–H groups in total. The molecular weight excluding hydrogens is 390 g/mol. The lowest BCUT2D eigenvalue weighted by Gasteiger charge is -2.23. The number of hydrogen-bond acceptors (Lipinski definition) is 2. The van der Waals surface area contributed by atoms with Crippen LogP contribution < -0.4 is 17.0 Å². The Hall–Kier alpha value is -0.0400. The van der Waals surface area contributed by atoms with E-state index in [0.29, 0.717) is 0 Å². The predicted molar refractivity (Wildman–Crippen MR) is 84.7 cm³/mol. The van der Waals surface area contributed by atoms with Crippen LogP contribution in [0, 0.1) is 0 Å². The molecule has 0 aliphatic rings. The second kappa shape index (κ2) is 8.29. The smallest absolute Gasteiger partial charge is 0.166 e. The van der Waals surface area contributed by atoms with Gasteiger partial charge in [-0.05, 0) is 12.1 Å². The fourth-order valence-corrected chi connectivity index (χ4v) is 2.52. The van der Waals surface area contributed by atoms with E-state index in [1.54, 1.807) is 0 Å². The SMILES string of the molecule is Br.C[N+](C)(C)CCCSc1nc2ccccc2[nH]1.[Br-]. The molecule has 0 fully saturated rings. The van der Waals surface area contributed by atoms with E-state index in [9.17, 15) is 0 Å². The van der Waals surface area contributed by atoms with Crippen LogP contribution in [0.15, 0.2) is 29.4 Å². The Morgan fingerprint density at radius 2 is 1.89 bits per heavy atom. The summed E-state index contributed by atoms with van der Waals surface area (Å²) in [6, 6.07) is 8.17. The first-order valence-electron chi connectivity index (χ1n) is 5.93. The number of aromatic amines is 1. The number of halogens is 2. The number of hydrogen-bond donors (Lipinski definition) is 1. The van der Waals surface area contributed by atoms with Gasteiger partial charge in [0.25, 0.3) is 0 Å². The molecule has 0 spiro atoms. The number of para-hydroxylation sites is 2. The quantitative estimate of drug-likeness (QED) is 0.437. The summed E-state index contributed by atoms with van der Waals surface area (Å²) in [7, 11) is 6.68. The van der Waals surface area contributed by atoms with Gasteiger partial charge in [-0.2, -0.15) is 0 Å². The molecule has 3 nitrogen and oxygen atoms in total. The molecule has 0 amide bonds. The standard InChI is InChI=1S/C13H20N3S.2BrH/c1-16(2,3)9-6-10-17-13-14-11-7-4-5-8-12(11)15-13;;/h4-5,7-8H,6,9-10H2,1-3H3,(H,14,15);2*1H/q+1;;/p-1. The summed E-state index contributed by atoms with van der Waals surface area (Å²) < 4.78 is 1.03. The molecule has 1 aromatic heterocycles. The second-order valence-corrected chi connectivity index (χ2v) is 6.36. The van der Waals surface area contributed by atoms with Crippen LogP contribution in [0.3, 0.4) is 0 Å². The number of rotatable bonds is 5. The third-order valence-corrected chi connectivity index (χ3v) is 3.54. The van der Waals surface area contributed by atoms with Gasteiger partial charge in [-0.15, -0.1) is 17.0 Å². The molecule has 0 atom stereocenters. The van der Waals surface area contributed by atoms with Crippen LogP contribution in [0.25, 0.3) is 11.0 Å². The Bertz CT molecular complexity index is 461. The number of aromatic nitrogens is 2. The number of nitrogens with zero attached hydrogens (tertiary/aromatic N) is 2. The lowest BCUT2D eigenvalue weighted by Crippen LogP contribution is -3.00. The molecule has 0 saturated heterocycles. The highest BCUT2D eigenvalue weighted by molar-refractivity contribution is 8.93. The minimum absolute atomic E-state index is 0. The van der Waals surface area contributed by atoms with Gasteiger partial charge in [-0.3, -0.25) is 0 Å². The Morgan fingerprint density at radius 3 is 2.53 bits per heavy atom. The van der Waals surface area contributed by atoms with Crippen molar-refractivity contribution in [1.29, 1.82) is 0 Å². The first-order valence-corrected chi connectivity index (χ1v) is 6.91. The number of benzene rings is 1. The highest BCUT2D eigenvalue weighted by Crippen LogP contribution is 2.19. The number of nitrogens with one attached hydrogen (secondary N) is 1. The highest BCUT2D eigenvalue weighted by atomic mass is 79.9. The molecule has 0 aliphatic heterocycles. The zero-order valence-electron chi connectivity index (χ0n) is 11.5. The molecule has 108 valence electrons. The van der Waals surface area contributed by atoms with Crippen molar-refractivity contribution in [2.75, 3.05) is 33.4 Å². The van der Waals surface area contributed by atoms with E-state index < -0.39 is 0 Å². The molecule has 19 heavy (non-hydrogen) atoms. The summed E-state index contributed by atoms with van der Waals surface area (Å²) in [6.45, 7) is 1.20. The summed E-state index contributed by atoms with van der Waals surface area (Å²) in [5, 5.41) is 1.03. The first-order chi connectivity index (χ1) is 8.04. The van der Waals surface area contributed by atoms with Gasteiger partial charge in [0.2, 0.25) is 0 Å². The molecule has 0 bridgehead atoms. The molecule has 0 unspecified atom stereocenters. The summed E-state index contributed by atoms with van der Waals surface area (Å²) >= 11 is 1.81. The van der Waals surface area contributed by atoms with Crippen LogP contribution in [0.2, 0.25) is 0 Å². The minimum atomic E-state index is 0. The average Bonchev–Trinajstić information content (AvgIpc) is 2.65. The van der Waals surface area contributed by atoms with Crippen molar-refractivity contribution in [1.82, 2.24) is 9.97 Å². The average molecular weight is 411 g/mol. The van der Waals surface area contributed by atoms with E-state index in [-0.39, 0.29) is 34.0 Å². The first kappa shape index (κ1) is 19.0. The van der Waals surface area contributed by atoms with Gasteiger partial charge in [0.15, 0.2) is 5.16 Å². The largest absolute Gasteiger partial charge is 1.00 e. The van der Waals surface area contributed by atoms with Gasteiger partial charge in [0.05, 0.1) is 38.7 Å². The zero-order chi connectivity index (χ0) is 12.3. The number of thioether (sulfide) groups is 1. The van der Waals surface area contributed by atoms with Crippen molar-refractivity contribution in [2.24, 2.45) is 0 Å². The van der Waals surface area contributed by atoms with E-state index in [1.165, 1.54) is 13.0 Å². The summed E-state index contributed by atoms with van der Waals surface area (Å²) in [5.41, 5.74) is 2.18. The number of quaternary nitrogens is 1. The maximum absolute atomic E-state index is 4.55. The minimum Gasteiger partial charge on any atom is -1.00 e. The normalized spacial score (nSPS) is 10.9. The Labute approximate surface area is 140 Å². The number of H-pyrrole nitrogens is 1. The lowest BCUT2D eigenvalue weighted by atomic mass is 10.3. The van der Waals surface area contributed by atoms with E-state index in [0.717, 1.165) is 26.4 Å². The topological polar surface area (TPSA) is 28.7 Å². The molecule has 0 radical (unpaired) electrons. The molecular formula is C13H21Br2N3S. The van der Waals surface area contributed by atoms with Gasteiger partial charge in [-0.1, -0.05) is 23.9 Å². The maximum Gasteiger partial charge on any atom is 0.166 e. The zero-order valence-corrected chi connectivity index (χ0v) is 15.6. The van der Waals surface area contributed by atoms with Gasteiger partial charge in [0, 0.05) is 12.2 Å². The Kier molecular flexibility index (Phi) is 8.27. The third-order valence-electron chi connectivity index (χ3n) is 2.58. The van der Waals surface area contributed by atoms with Crippen LogP contribution >= 0.6 is 28.7 Å². The second-order valence-electron chi connectivity index (χ2n) is 5.28. The summed E-state index contributed by atoms with van der Waals surface area (Å²) in [6.07, 6.45) is 1.21. The van der Waals surface area contributed by atoms with Crippen LogP contribution in [0.4, 0.5) is 0 Å². The number of fused-ring (bicyclic) bond motifs is 1. The maximum atomic E-state index is 4.55. The monoisotopic (exact) mass is 409 g/mol. The molecule has 0 saturated carbocycles.